The van der Waals surface area contributed by atoms with Crippen LogP contribution in [0.15, 0.2) is 22.5 Å². The summed E-state index contributed by atoms with van der Waals surface area (Å²) >= 11 is 3.47. The van der Waals surface area contributed by atoms with E-state index in [0.29, 0.717) is 0 Å². The number of nitrogens with zero attached hydrogens (tertiary/aromatic N) is 1. The highest BCUT2D eigenvalue weighted by molar-refractivity contribution is 8.00. The van der Waals surface area contributed by atoms with Crippen LogP contribution in [-0.4, -0.2) is 11.2 Å². The number of thiazole rings is 1. The highest BCUT2D eigenvalue weighted by atomic mass is 32.2. The smallest absolute Gasteiger partial charge is 0.150 e. The molecule has 0 saturated carbocycles. The maximum absolute atomic E-state index is 4.47. The molecule has 0 amide bonds. The Morgan fingerprint density at radius 1 is 1.24 bits per heavy atom. The predicted octanol–water partition coefficient (Wildman–Crippen LogP) is 5.77. The van der Waals surface area contributed by atoms with E-state index in [1.165, 1.54) is 16.7 Å². The van der Waals surface area contributed by atoms with E-state index in [2.05, 4.69) is 50.2 Å². The minimum atomic E-state index is 1.13. The van der Waals surface area contributed by atoms with E-state index in [1.54, 1.807) is 23.1 Å². The molecule has 0 aliphatic rings. The Kier molecular flexibility index (Phi) is 9.18. The molecule has 0 radical (unpaired) electrons. The zero-order valence-electron chi connectivity index (χ0n) is 11.7. The first-order valence-electron chi connectivity index (χ1n) is 6.12. The van der Waals surface area contributed by atoms with Gasteiger partial charge in [-0.15, -0.1) is 11.3 Å². The molecule has 0 bridgehead atoms. The molecule has 2 rings (SSSR count). The van der Waals surface area contributed by atoms with Crippen molar-refractivity contribution in [3.8, 4) is 0 Å². The molecule has 1 aromatic carbocycles. The summed E-state index contributed by atoms with van der Waals surface area (Å²) in [5.41, 5.74) is 2.41. The van der Waals surface area contributed by atoms with Gasteiger partial charge in [0.25, 0.3) is 0 Å². The summed E-state index contributed by atoms with van der Waals surface area (Å²) in [5, 5.41) is 0. The second kappa shape index (κ2) is 9.49. The summed E-state index contributed by atoms with van der Waals surface area (Å²) in [5.74, 6) is 0. The molecule has 96 valence electrons. The Bertz CT molecular complexity index is 421. The predicted molar refractivity (Wildman–Crippen MR) is 83.5 cm³/mol. The minimum Gasteiger partial charge on any atom is -0.230 e. The number of benzene rings is 1. The van der Waals surface area contributed by atoms with E-state index >= 15 is 0 Å². The molecule has 0 saturated heterocycles. The molecule has 0 N–H and O–H groups in total. The van der Waals surface area contributed by atoms with Crippen LogP contribution >= 0.6 is 23.1 Å². The monoisotopic (exact) mass is 269 g/mol. The van der Waals surface area contributed by atoms with Crippen LogP contribution in [0.4, 0.5) is 0 Å². The Hall–Kier alpha value is -0.540. The van der Waals surface area contributed by atoms with E-state index in [-0.39, 0.29) is 0 Å². The Balaban J connectivity index is 0.000000450. The molecule has 0 aliphatic carbocycles. The number of hydrogen-bond donors (Lipinski definition) is 0. The van der Waals surface area contributed by atoms with Crippen LogP contribution in [0.25, 0.3) is 10.2 Å². The van der Waals surface area contributed by atoms with Crippen molar-refractivity contribution in [1.29, 1.82) is 0 Å². The normalized spacial score (nSPS) is 9.06. The average Bonchev–Trinajstić information content (AvgIpc) is 2.74. The van der Waals surface area contributed by atoms with E-state index in [9.17, 15) is 0 Å². The van der Waals surface area contributed by atoms with Crippen LogP contribution in [-0.2, 0) is 0 Å². The fourth-order valence-electron chi connectivity index (χ4n) is 1.10. The van der Waals surface area contributed by atoms with E-state index in [4.69, 9.17) is 0 Å². The summed E-state index contributed by atoms with van der Waals surface area (Å²) < 4.78 is 2.43. The van der Waals surface area contributed by atoms with Gasteiger partial charge in [0.05, 0.1) is 10.2 Å². The van der Waals surface area contributed by atoms with Crippen molar-refractivity contribution in [1.82, 2.24) is 4.98 Å². The summed E-state index contributed by atoms with van der Waals surface area (Å²) in [7, 11) is 0. The number of rotatable bonds is 1. The molecule has 0 unspecified atom stereocenters. The highest BCUT2D eigenvalue weighted by Crippen LogP contribution is 2.28. The lowest BCUT2D eigenvalue weighted by Crippen LogP contribution is -1.71. The number of thioether (sulfide) groups is 1. The fourth-order valence-corrected chi connectivity index (χ4v) is 2.57. The van der Waals surface area contributed by atoms with Gasteiger partial charge < -0.3 is 0 Å². The van der Waals surface area contributed by atoms with Crippen molar-refractivity contribution in [3.05, 3.63) is 23.8 Å². The highest BCUT2D eigenvalue weighted by Gasteiger charge is 2.01. The maximum atomic E-state index is 4.47. The molecule has 0 aliphatic heterocycles. The molecule has 1 heterocycles. The first-order valence-corrected chi connectivity index (χ1v) is 8.16. The molecule has 0 fully saturated rings. The number of fused-ring (bicyclic) bond motifs is 1. The zero-order valence-corrected chi connectivity index (χ0v) is 13.3. The van der Waals surface area contributed by atoms with Crippen molar-refractivity contribution in [2.24, 2.45) is 0 Å². The molecular formula is C14H23NS2. The van der Waals surface area contributed by atoms with E-state index in [0.717, 1.165) is 9.86 Å². The summed E-state index contributed by atoms with van der Waals surface area (Å²) in [6, 6.07) is 6.40. The molecule has 17 heavy (non-hydrogen) atoms. The summed E-state index contributed by atoms with van der Waals surface area (Å²) in [6.45, 7) is 10.3. The SMILES string of the molecule is CC.CCC.CSc1nc2cc(C)ccc2s1. The summed E-state index contributed by atoms with van der Waals surface area (Å²) in [4.78, 5) is 4.47. The van der Waals surface area contributed by atoms with Gasteiger partial charge >= 0.3 is 0 Å². The second-order valence-corrected chi connectivity index (χ2v) is 5.45. The van der Waals surface area contributed by atoms with Crippen LogP contribution in [0.3, 0.4) is 0 Å². The Morgan fingerprint density at radius 3 is 2.35 bits per heavy atom. The van der Waals surface area contributed by atoms with Gasteiger partial charge in [-0.25, -0.2) is 4.98 Å². The largest absolute Gasteiger partial charge is 0.230 e. The topological polar surface area (TPSA) is 12.9 Å². The minimum absolute atomic E-state index is 1.13. The maximum Gasteiger partial charge on any atom is 0.150 e. The Morgan fingerprint density at radius 2 is 1.82 bits per heavy atom. The first kappa shape index (κ1) is 16.5. The molecule has 0 spiro atoms. The third-order valence-electron chi connectivity index (χ3n) is 1.70. The van der Waals surface area contributed by atoms with Gasteiger partial charge in [-0.05, 0) is 30.9 Å². The molecule has 0 atom stereocenters. The standard InChI is InChI=1S/C9H9NS2.C3H8.C2H6/c1-6-3-4-8-7(5-6)10-9(11-2)12-8;1-3-2;1-2/h3-5H,1-2H3;3H2,1-2H3;1-2H3. The van der Waals surface area contributed by atoms with Crippen molar-refractivity contribution in [2.45, 2.75) is 45.4 Å². The van der Waals surface area contributed by atoms with Crippen molar-refractivity contribution in [2.75, 3.05) is 6.26 Å². The van der Waals surface area contributed by atoms with Gasteiger partial charge in [-0.3, -0.25) is 0 Å². The van der Waals surface area contributed by atoms with Gasteiger partial charge in [0.2, 0.25) is 0 Å². The van der Waals surface area contributed by atoms with Crippen molar-refractivity contribution in [3.63, 3.8) is 0 Å². The van der Waals surface area contributed by atoms with Gasteiger partial charge in [0, 0.05) is 0 Å². The lowest BCUT2D eigenvalue weighted by Gasteiger charge is -1.88. The molecule has 3 heteroatoms. The third kappa shape index (κ3) is 5.55. The number of aryl methyl sites for hydroxylation is 1. The number of aromatic nitrogens is 1. The van der Waals surface area contributed by atoms with Gasteiger partial charge in [-0.1, -0.05) is 51.9 Å². The van der Waals surface area contributed by atoms with E-state index < -0.39 is 0 Å². The van der Waals surface area contributed by atoms with Crippen LogP contribution in [0.5, 0.6) is 0 Å². The zero-order chi connectivity index (χ0) is 13.3. The average molecular weight is 269 g/mol. The second-order valence-electron chi connectivity index (χ2n) is 3.36. The van der Waals surface area contributed by atoms with Crippen LogP contribution in [0.1, 0.15) is 39.7 Å². The molecular weight excluding hydrogens is 246 g/mol. The Labute approximate surface area is 114 Å². The lowest BCUT2D eigenvalue weighted by molar-refractivity contribution is 1.09. The van der Waals surface area contributed by atoms with Crippen LogP contribution < -0.4 is 0 Å². The lowest BCUT2D eigenvalue weighted by atomic mass is 10.2. The fraction of sp³-hybridized carbons (Fsp3) is 0.500. The van der Waals surface area contributed by atoms with Crippen molar-refractivity contribution >= 4 is 33.3 Å². The van der Waals surface area contributed by atoms with Crippen LogP contribution in [0.2, 0.25) is 0 Å². The van der Waals surface area contributed by atoms with E-state index in [1.807, 2.05) is 13.8 Å². The van der Waals surface area contributed by atoms with Crippen molar-refractivity contribution < 1.29 is 0 Å². The summed E-state index contributed by atoms with van der Waals surface area (Å²) in [6.07, 6.45) is 3.31. The molecule has 2 aromatic rings. The third-order valence-corrected chi connectivity index (χ3v) is 3.72. The van der Waals surface area contributed by atoms with Gasteiger partial charge in [0.1, 0.15) is 0 Å². The molecule has 1 aromatic heterocycles. The van der Waals surface area contributed by atoms with Gasteiger partial charge in [-0.2, -0.15) is 0 Å². The quantitative estimate of drug-likeness (QED) is 0.610. The first-order chi connectivity index (χ1) is 8.21. The van der Waals surface area contributed by atoms with Crippen LogP contribution in [0, 0.1) is 6.92 Å². The molecule has 1 nitrogen and oxygen atoms in total. The number of hydrogen-bond acceptors (Lipinski definition) is 3. The van der Waals surface area contributed by atoms with Gasteiger partial charge in [0.15, 0.2) is 4.34 Å².